The second kappa shape index (κ2) is 5.35. The van der Waals surface area contributed by atoms with Crippen molar-refractivity contribution >= 4 is 11.9 Å². The van der Waals surface area contributed by atoms with Crippen molar-refractivity contribution in [1.29, 1.82) is 5.26 Å². The first-order valence-electron chi connectivity index (χ1n) is 4.61. The fourth-order valence-electron chi connectivity index (χ4n) is 1.00. The summed E-state index contributed by atoms with van der Waals surface area (Å²) in [5.41, 5.74) is -1.15. The zero-order valence-electron chi connectivity index (χ0n) is 9.11. The monoisotopic (exact) mass is 213 g/mol. The van der Waals surface area contributed by atoms with Crippen LogP contribution in [0, 0.1) is 17.2 Å². The Kier molecular flexibility index (Phi) is 4.79. The molecule has 0 aromatic carbocycles. The van der Waals surface area contributed by atoms with Crippen molar-refractivity contribution in [3.05, 3.63) is 0 Å². The molecule has 0 radical (unpaired) electrons. The molecule has 0 aromatic rings. The van der Waals surface area contributed by atoms with Crippen LogP contribution in [0.3, 0.4) is 0 Å². The molecule has 1 unspecified atom stereocenters. The maximum absolute atomic E-state index is 11.2. The lowest BCUT2D eigenvalue weighted by molar-refractivity contribution is -0.153. The molecular weight excluding hydrogens is 198 g/mol. The third-order valence-electron chi connectivity index (χ3n) is 1.68. The minimum Gasteiger partial charge on any atom is -0.481 e. The molecule has 0 aliphatic rings. The van der Waals surface area contributed by atoms with Crippen molar-refractivity contribution in [2.75, 3.05) is 0 Å². The third-order valence-corrected chi connectivity index (χ3v) is 1.68. The Morgan fingerprint density at radius 3 is 2.40 bits per heavy atom. The predicted molar refractivity (Wildman–Crippen MR) is 51.8 cm³/mol. The van der Waals surface area contributed by atoms with Crippen LogP contribution in [0.25, 0.3) is 0 Å². The maximum atomic E-state index is 11.2. The number of ether oxygens (including phenoxy) is 1. The molecule has 0 bridgehead atoms. The van der Waals surface area contributed by atoms with Crippen molar-refractivity contribution in [2.45, 2.75) is 39.2 Å². The van der Waals surface area contributed by atoms with Gasteiger partial charge in [0, 0.05) is 12.8 Å². The first kappa shape index (κ1) is 13.4. The van der Waals surface area contributed by atoms with Crippen molar-refractivity contribution < 1.29 is 19.4 Å². The van der Waals surface area contributed by atoms with Gasteiger partial charge < -0.3 is 9.84 Å². The second-order valence-electron chi connectivity index (χ2n) is 4.00. The minimum absolute atomic E-state index is 0.0113. The number of esters is 1. The predicted octanol–water partition coefficient (Wildman–Crippen LogP) is 1.33. The zero-order valence-corrected chi connectivity index (χ0v) is 9.11. The molecule has 5 nitrogen and oxygen atoms in total. The Labute approximate surface area is 88.6 Å². The Morgan fingerprint density at radius 1 is 1.47 bits per heavy atom. The summed E-state index contributed by atoms with van der Waals surface area (Å²) in [6.07, 6.45) is -0.0699. The first-order valence-corrected chi connectivity index (χ1v) is 4.61. The highest BCUT2D eigenvalue weighted by molar-refractivity contribution is 5.72. The van der Waals surface area contributed by atoms with Gasteiger partial charge in [0.25, 0.3) is 0 Å². The summed E-state index contributed by atoms with van der Waals surface area (Å²) < 4.78 is 4.85. The van der Waals surface area contributed by atoms with Crippen LogP contribution < -0.4 is 0 Å². The molecule has 5 heteroatoms. The number of carboxylic acid groups (broad SMARTS) is 1. The van der Waals surface area contributed by atoms with Crippen molar-refractivity contribution in [3.63, 3.8) is 0 Å². The molecule has 0 saturated carbocycles. The molecule has 0 heterocycles. The number of nitrogens with zero attached hydrogens (tertiary/aromatic N) is 1. The molecule has 0 fully saturated rings. The second-order valence-corrected chi connectivity index (χ2v) is 4.00. The summed E-state index contributed by atoms with van der Waals surface area (Å²) in [6, 6.07) is 1.83. The van der Waals surface area contributed by atoms with Gasteiger partial charge in [0.05, 0.1) is 0 Å². The number of hydrogen-bond acceptors (Lipinski definition) is 4. The number of carbonyl (C=O) groups excluding carboxylic acids is 1. The lowest BCUT2D eigenvalue weighted by atomic mass is 10.0. The molecule has 0 rings (SSSR count). The van der Waals surface area contributed by atoms with E-state index in [9.17, 15) is 9.59 Å². The Bertz CT molecular complexity index is 290. The van der Waals surface area contributed by atoms with E-state index in [2.05, 4.69) is 0 Å². The van der Waals surface area contributed by atoms with Crippen LogP contribution in [-0.2, 0) is 14.3 Å². The molecule has 0 aliphatic carbocycles. The summed E-state index contributed by atoms with van der Waals surface area (Å²) in [5, 5.41) is 17.1. The number of carboxylic acids is 1. The first-order chi connectivity index (χ1) is 6.76. The lowest BCUT2D eigenvalue weighted by Gasteiger charge is -2.17. The van der Waals surface area contributed by atoms with Gasteiger partial charge in [0.1, 0.15) is 6.07 Å². The number of aliphatic carboxylic acids is 1. The van der Waals surface area contributed by atoms with Gasteiger partial charge >= 0.3 is 11.9 Å². The van der Waals surface area contributed by atoms with Crippen LogP contribution >= 0.6 is 0 Å². The maximum Gasteiger partial charge on any atom is 0.307 e. The molecule has 0 aliphatic heterocycles. The van der Waals surface area contributed by atoms with E-state index >= 15 is 0 Å². The normalized spacial score (nSPS) is 12.7. The topological polar surface area (TPSA) is 87.4 Å². The van der Waals surface area contributed by atoms with Crippen LogP contribution in [0.4, 0.5) is 0 Å². The quantitative estimate of drug-likeness (QED) is 0.696. The third kappa shape index (κ3) is 6.49. The van der Waals surface area contributed by atoms with Crippen LogP contribution in [0.2, 0.25) is 0 Å². The lowest BCUT2D eigenvalue weighted by Crippen LogP contribution is -2.27. The molecule has 0 aromatic heterocycles. The standard InChI is InChI=1S/C10H15NO4/c1-7(4-8(12)13)5-9(14)15-10(2,3)6-11/h7H,4-5H2,1-3H3,(H,12,13). The average molecular weight is 213 g/mol. The van der Waals surface area contributed by atoms with Gasteiger partial charge in [-0.15, -0.1) is 0 Å². The molecule has 0 amide bonds. The number of rotatable bonds is 5. The molecule has 1 atom stereocenters. The fraction of sp³-hybridized carbons (Fsp3) is 0.700. The summed E-state index contributed by atoms with van der Waals surface area (Å²) >= 11 is 0. The highest BCUT2D eigenvalue weighted by Crippen LogP contribution is 2.13. The Balaban J connectivity index is 4.06. The van der Waals surface area contributed by atoms with Gasteiger partial charge in [-0.05, 0) is 19.8 Å². The van der Waals surface area contributed by atoms with Crippen molar-refractivity contribution in [2.24, 2.45) is 5.92 Å². The van der Waals surface area contributed by atoms with Gasteiger partial charge in [-0.25, -0.2) is 0 Å². The molecule has 1 N–H and O–H groups in total. The van der Waals surface area contributed by atoms with Gasteiger partial charge in [-0.2, -0.15) is 5.26 Å². The van der Waals surface area contributed by atoms with Crippen LogP contribution in [0.15, 0.2) is 0 Å². The average Bonchev–Trinajstić information content (AvgIpc) is 2.00. The van der Waals surface area contributed by atoms with Crippen molar-refractivity contribution in [3.8, 4) is 6.07 Å². The van der Waals surface area contributed by atoms with Gasteiger partial charge in [0.15, 0.2) is 5.60 Å². The van der Waals surface area contributed by atoms with E-state index in [1.807, 2.05) is 6.07 Å². The molecule has 0 spiro atoms. The highest BCUT2D eigenvalue weighted by atomic mass is 16.6. The van der Waals surface area contributed by atoms with E-state index in [1.165, 1.54) is 13.8 Å². The van der Waals surface area contributed by atoms with E-state index in [4.69, 9.17) is 15.1 Å². The SMILES string of the molecule is CC(CC(=O)O)CC(=O)OC(C)(C)C#N. The van der Waals surface area contributed by atoms with Gasteiger partial charge in [-0.1, -0.05) is 6.92 Å². The smallest absolute Gasteiger partial charge is 0.307 e. The fourth-order valence-corrected chi connectivity index (χ4v) is 1.00. The summed E-state index contributed by atoms with van der Waals surface area (Å²) in [6.45, 7) is 4.61. The van der Waals surface area contributed by atoms with Crippen LogP contribution in [-0.4, -0.2) is 22.6 Å². The summed E-state index contributed by atoms with van der Waals surface area (Å²) in [4.78, 5) is 21.6. The zero-order chi connectivity index (χ0) is 12.1. The largest absolute Gasteiger partial charge is 0.481 e. The number of hydrogen-bond donors (Lipinski definition) is 1. The van der Waals surface area contributed by atoms with E-state index in [0.29, 0.717) is 0 Å². The molecular formula is C10H15NO4. The molecule has 84 valence electrons. The van der Waals surface area contributed by atoms with E-state index < -0.39 is 17.5 Å². The van der Waals surface area contributed by atoms with E-state index in [1.54, 1.807) is 6.92 Å². The van der Waals surface area contributed by atoms with Crippen molar-refractivity contribution in [1.82, 2.24) is 0 Å². The highest BCUT2D eigenvalue weighted by Gasteiger charge is 2.23. The van der Waals surface area contributed by atoms with E-state index in [-0.39, 0.29) is 18.8 Å². The Morgan fingerprint density at radius 2 is 2.00 bits per heavy atom. The summed E-state index contributed by atoms with van der Waals surface area (Å²) in [7, 11) is 0. The summed E-state index contributed by atoms with van der Waals surface area (Å²) in [5.74, 6) is -1.78. The van der Waals surface area contributed by atoms with Crippen LogP contribution in [0.5, 0.6) is 0 Å². The molecule has 15 heavy (non-hydrogen) atoms. The van der Waals surface area contributed by atoms with Gasteiger partial charge in [0.2, 0.25) is 0 Å². The minimum atomic E-state index is -1.15. The van der Waals surface area contributed by atoms with E-state index in [0.717, 1.165) is 0 Å². The number of carbonyl (C=O) groups is 2. The Hall–Kier alpha value is -1.57. The van der Waals surface area contributed by atoms with Crippen LogP contribution in [0.1, 0.15) is 33.6 Å². The number of nitriles is 1. The molecule has 0 saturated heterocycles. The van der Waals surface area contributed by atoms with Gasteiger partial charge in [-0.3, -0.25) is 9.59 Å².